The predicted octanol–water partition coefficient (Wildman–Crippen LogP) is 1.32. The van der Waals surface area contributed by atoms with E-state index in [2.05, 4.69) is 20.4 Å². The number of methoxy groups -OCH3 is 1. The number of carbonyl (C=O) groups is 1. The number of rotatable bonds is 3. The summed E-state index contributed by atoms with van der Waals surface area (Å²) in [5.41, 5.74) is 2.53. The second-order valence-corrected chi connectivity index (χ2v) is 5.06. The molecule has 8 nitrogen and oxygen atoms in total. The largest absolute Gasteiger partial charge is 0.469 e. The summed E-state index contributed by atoms with van der Waals surface area (Å²) in [6.45, 7) is 0. The van der Waals surface area contributed by atoms with Crippen molar-refractivity contribution in [3.63, 3.8) is 0 Å². The van der Waals surface area contributed by atoms with E-state index < -0.39 is 5.97 Å². The van der Waals surface area contributed by atoms with Gasteiger partial charge in [-0.25, -0.2) is 9.07 Å². The van der Waals surface area contributed by atoms with Crippen LogP contribution in [0.25, 0.3) is 22.5 Å². The fourth-order valence-electron chi connectivity index (χ4n) is 2.46. The lowest BCUT2D eigenvalue weighted by atomic mass is 10.3. The highest BCUT2D eigenvalue weighted by atomic mass is 19.1. The number of hydrogen-bond acceptors (Lipinski definition) is 6. The number of carbonyl (C=O) groups excluding carboxylic acids is 1. The van der Waals surface area contributed by atoms with Crippen LogP contribution in [0.1, 0.15) is 5.69 Å². The molecular formula is C15H11FN6O2. The molecule has 24 heavy (non-hydrogen) atoms. The van der Waals surface area contributed by atoms with Crippen LogP contribution in [-0.2, 0) is 16.0 Å². The Labute approximate surface area is 134 Å². The lowest BCUT2D eigenvalue weighted by Gasteiger charge is -2.03. The molecule has 0 aliphatic carbocycles. The van der Waals surface area contributed by atoms with Gasteiger partial charge in [0.1, 0.15) is 11.5 Å². The molecule has 0 amide bonds. The van der Waals surface area contributed by atoms with E-state index in [0.29, 0.717) is 28.2 Å². The molecular weight excluding hydrogens is 315 g/mol. The van der Waals surface area contributed by atoms with Gasteiger partial charge in [-0.2, -0.15) is 14.7 Å². The van der Waals surface area contributed by atoms with Gasteiger partial charge in [0.25, 0.3) is 0 Å². The lowest BCUT2D eigenvalue weighted by molar-refractivity contribution is -0.139. The SMILES string of the molecule is COC(=O)Cc1nn(-c2ccc(F)cc2)c2c1nnc1ccnn12. The summed E-state index contributed by atoms with van der Waals surface area (Å²) in [6.07, 6.45) is 1.54. The Morgan fingerprint density at radius 3 is 2.75 bits per heavy atom. The summed E-state index contributed by atoms with van der Waals surface area (Å²) < 4.78 is 21.0. The van der Waals surface area contributed by atoms with E-state index >= 15 is 0 Å². The molecule has 3 heterocycles. The van der Waals surface area contributed by atoms with Gasteiger partial charge in [-0.15, -0.1) is 10.2 Å². The van der Waals surface area contributed by atoms with Gasteiger partial charge in [0, 0.05) is 6.07 Å². The second-order valence-electron chi connectivity index (χ2n) is 5.06. The van der Waals surface area contributed by atoms with Gasteiger partial charge in [-0.1, -0.05) is 0 Å². The first-order valence-electron chi connectivity index (χ1n) is 7.08. The number of halogens is 1. The number of benzene rings is 1. The Hall–Kier alpha value is -3.36. The summed E-state index contributed by atoms with van der Waals surface area (Å²) in [6, 6.07) is 7.53. The van der Waals surface area contributed by atoms with Gasteiger partial charge < -0.3 is 4.74 Å². The summed E-state index contributed by atoms with van der Waals surface area (Å²) in [4.78, 5) is 11.6. The molecule has 1 aromatic carbocycles. The zero-order chi connectivity index (χ0) is 16.7. The zero-order valence-corrected chi connectivity index (χ0v) is 12.5. The third kappa shape index (κ3) is 2.18. The number of aromatic nitrogens is 6. The Balaban J connectivity index is 2.01. The fraction of sp³-hybridized carbons (Fsp3) is 0.133. The molecule has 0 aliphatic rings. The average Bonchev–Trinajstić information content (AvgIpc) is 3.20. The van der Waals surface area contributed by atoms with E-state index in [-0.39, 0.29) is 12.2 Å². The number of esters is 1. The van der Waals surface area contributed by atoms with Crippen molar-refractivity contribution in [3.05, 3.63) is 48.0 Å². The van der Waals surface area contributed by atoms with Crippen molar-refractivity contribution >= 4 is 22.8 Å². The first-order chi connectivity index (χ1) is 11.7. The molecule has 0 aliphatic heterocycles. The molecule has 0 saturated carbocycles. The van der Waals surface area contributed by atoms with Crippen LogP contribution in [0.5, 0.6) is 0 Å². The summed E-state index contributed by atoms with van der Waals surface area (Å²) in [7, 11) is 1.30. The Morgan fingerprint density at radius 1 is 1.21 bits per heavy atom. The van der Waals surface area contributed by atoms with Crippen LogP contribution in [0.15, 0.2) is 36.5 Å². The van der Waals surface area contributed by atoms with Crippen LogP contribution in [0.4, 0.5) is 4.39 Å². The molecule has 0 saturated heterocycles. The molecule has 3 aromatic heterocycles. The highest BCUT2D eigenvalue weighted by Gasteiger charge is 2.20. The molecule has 4 rings (SSSR count). The Bertz CT molecular complexity index is 1050. The summed E-state index contributed by atoms with van der Waals surface area (Å²) in [5.74, 6) is -0.794. The fourth-order valence-corrected chi connectivity index (χ4v) is 2.46. The quantitative estimate of drug-likeness (QED) is 0.528. The molecule has 9 heteroatoms. The molecule has 0 spiro atoms. The maximum atomic E-state index is 13.2. The molecule has 0 radical (unpaired) electrons. The molecule has 0 atom stereocenters. The van der Waals surface area contributed by atoms with Crippen LogP contribution in [-0.4, -0.2) is 42.7 Å². The van der Waals surface area contributed by atoms with Crippen molar-refractivity contribution in [2.45, 2.75) is 6.42 Å². The van der Waals surface area contributed by atoms with Gasteiger partial charge in [0.2, 0.25) is 0 Å². The number of hydrogen-bond donors (Lipinski definition) is 0. The van der Waals surface area contributed by atoms with E-state index in [1.165, 1.54) is 19.2 Å². The molecule has 0 unspecified atom stereocenters. The van der Waals surface area contributed by atoms with Crippen LogP contribution < -0.4 is 0 Å². The Kier molecular flexibility index (Phi) is 3.19. The van der Waals surface area contributed by atoms with Gasteiger partial charge in [-0.3, -0.25) is 4.79 Å². The van der Waals surface area contributed by atoms with Crippen molar-refractivity contribution in [2.24, 2.45) is 0 Å². The standard InChI is InChI=1S/C15H11FN6O2/c1-24-13(23)8-11-14-15(22-12(18-19-14)6-7-17-22)21(20-11)10-4-2-9(16)3-5-10/h2-7H,8H2,1H3. The minimum Gasteiger partial charge on any atom is -0.469 e. The molecule has 4 aromatic rings. The summed E-state index contributed by atoms with van der Waals surface area (Å²) in [5, 5.41) is 16.9. The normalized spacial score (nSPS) is 11.2. The van der Waals surface area contributed by atoms with Gasteiger partial charge in [0.15, 0.2) is 16.8 Å². The zero-order valence-electron chi connectivity index (χ0n) is 12.5. The highest BCUT2D eigenvalue weighted by Crippen LogP contribution is 2.21. The average molecular weight is 326 g/mol. The third-order valence-electron chi connectivity index (χ3n) is 3.59. The van der Waals surface area contributed by atoms with Crippen LogP contribution in [0.2, 0.25) is 0 Å². The number of ether oxygens (including phenoxy) is 1. The van der Waals surface area contributed by atoms with E-state index in [9.17, 15) is 9.18 Å². The third-order valence-corrected chi connectivity index (χ3v) is 3.59. The first-order valence-corrected chi connectivity index (χ1v) is 7.08. The van der Waals surface area contributed by atoms with Gasteiger partial charge >= 0.3 is 5.97 Å². The second kappa shape index (κ2) is 5.37. The minimum atomic E-state index is -0.442. The van der Waals surface area contributed by atoms with E-state index in [1.807, 2.05) is 0 Å². The van der Waals surface area contributed by atoms with E-state index in [1.54, 1.807) is 33.6 Å². The first kappa shape index (κ1) is 14.2. The number of nitrogens with zero attached hydrogens (tertiary/aromatic N) is 6. The van der Waals surface area contributed by atoms with Crippen molar-refractivity contribution in [2.75, 3.05) is 7.11 Å². The highest BCUT2D eigenvalue weighted by molar-refractivity contribution is 5.82. The van der Waals surface area contributed by atoms with Gasteiger partial charge in [0.05, 0.1) is 25.4 Å². The van der Waals surface area contributed by atoms with Crippen LogP contribution >= 0.6 is 0 Å². The molecule has 0 fully saturated rings. The summed E-state index contributed by atoms with van der Waals surface area (Å²) >= 11 is 0. The van der Waals surface area contributed by atoms with Gasteiger partial charge in [-0.05, 0) is 24.3 Å². The molecule has 0 bridgehead atoms. The molecule has 0 N–H and O–H groups in total. The smallest absolute Gasteiger partial charge is 0.311 e. The van der Waals surface area contributed by atoms with Crippen LogP contribution in [0.3, 0.4) is 0 Å². The predicted molar refractivity (Wildman–Crippen MR) is 81.1 cm³/mol. The van der Waals surface area contributed by atoms with E-state index in [0.717, 1.165) is 0 Å². The number of fused-ring (bicyclic) bond motifs is 3. The van der Waals surface area contributed by atoms with Crippen molar-refractivity contribution in [1.29, 1.82) is 0 Å². The van der Waals surface area contributed by atoms with Crippen molar-refractivity contribution in [1.82, 2.24) is 29.6 Å². The van der Waals surface area contributed by atoms with E-state index in [4.69, 9.17) is 4.74 Å². The van der Waals surface area contributed by atoms with Crippen molar-refractivity contribution < 1.29 is 13.9 Å². The molecule has 120 valence electrons. The van der Waals surface area contributed by atoms with Crippen LogP contribution in [0, 0.1) is 5.82 Å². The Morgan fingerprint density at radius 2 is 2.00 bits per heavy atom. The topological polar surface area (TPSA) is 87.2 Å². The minimum absolute atomic E-state index is 0.0529. The monoisotopic (exact) mass is 326 g/mol. The maximum Gasteiger partial charge on any atom is 0.311 e. The maximum absolute atomic E-state index is 13.2. The van der Waals surface area contributed by atoms with Crippen molar-refractivity contribution in [3.8, 4) is 5.69 Å². The lowest BCUT2D eigenvalue weighted by Crippen LogP contribution is -2.06.